The van der Waals surface area contributed by atoms with Crippen LogP contribution in [0.4, 0.5) is 4.79 Å². The Kier molecular flexibility index (Phi) is 24.9. The molecular weight excluding hydrogens is 889 g/mol. The van der Waals surface area contributed by atoms with Crippen molar-refractivity contribution in [3.63, 3.8) is 0 Å². The van der Waals surface area contributed by atoms with E-state index in [2.05, 4.69) is 46.9 Å². The van der Waals surface area contributed by atoms with E-state index in [1.807, 2.05) is 6.92 Å². The molecule has 0 radical (unpaired) electrons. The van der Waals surface area contributed by atoms with Gasteiger partial charge < -0.3 is 70.9 Å². The summed E-state index contributed by atoms with van der Waals surface area (Å²) < 4.78 is 51.1. The van der Waals surface area contributed by atoms with Gasteiger partial charge in [-0.15, -0.1) is 0 Å². The summed E-state index contributed by atoms with van der Waals surface area (Å²) in [5.41, 5.74) is 8.30. The molecule has 0 aromatic heterocycles. The molecule has 2 aliphatic rings. The highest BCUT2D eigenvalue weighted by Gasteiger charge is 2.61. The number of nitrogens with two attached hydrogens (primary N) is 2. The number of hydrogen-bond donors (Lipinski definition) is 9. The quantitative estimate of drug-likeness (QED) is 0.0354. The maximum atomic E-state index is 13.4. The summed E-state index contributed by atoms with van der Waals surface area (Å²) in [5, 5.41) is 54.6. The molecular formula is C44H82N3O18P. The molecule has 0 bridgehead atoms. The molecule has 0 aromatic carbocycles. The van der Waals surface area contributed by atoms with Crippen LogP contribution >= 0.6 is 7.82 Å². The maximum absolute atomic E-state index is 13.4. The van der Waals surface area contributed by atoms with Crippen molar-refractivity contribution in [3.8, 4) is 0 Å². The van der Waals surface area contributed by atoms with Crippen LogP contribution < -0.4 is 16.8 Å². The number of primary amides is 2. The summed E-state index contributed by atoms with van der Waals surface area (Å²) in [6.45, 7) is 16.0. The van der Waals surface area contributed by atoms with Crippen molar-refractivity contribution in [3.05, 3.63) is 0 Å². The summed E-state index contributed by atoms with van der Waals surface area (Å²) in [6.07, 6.45) is -5.93. The van der Waals surface area contributed by atoms with Crippen LogP contribution in [0.2, 0.25) is 0 Å². The number of rotatable bonds is 31. The zero-order valence-electron chi connectivity index (χ0n) is 40.4. The molecule has 66 heavy (non-hydrogen) atoms. The fourth-order valence-corrected chi connectivity index (χ4v) is 9.08. The average molecular weight is 972 g/mol. The highest BCUT2D eigenvalue weighted by molar-refractivity contribution is 7.47. The highest BCUT2D eigenvalue weighted by Crippen LogP contribution is 2.49. The Bertz CT molecular complexity index is 1560. The second kappa shape index (κ2) is 27.6. The van der Waals surface area contributed by atoms with Gasteiger partial charge >= 0.3 is 19.9 Å². The average Bonchev–Trinajstić information content (AvgIpc) is 3.20. The topological polar surface area (TPSA) is 335 Å². The molecule has 21 nitrogen and oxygen atoms in total. The van der Waals surface area contributed by atoms with Gasteiger partial charge in [-0.05, 0) is 55.3 Å². The first-order valence-corrected chi connectivity index (χ1v) is 24.8. The van der Waals surface area contributed by atoms with E-state index in [4.69, 9.17) is 44.2 Å². The Morgan fingerprint density at radius 3 is 2.02 bits per heavy atom. The number of carboxylic acids is 1. The van der Waals surface area contributed by atoms with Gasteiger partial charge in [0.25, 0.3) is 0 Å². The lowest BCUT2D eigenvalue weighted by Gasteiger charge is -2.50. The zero-order chi connectivity index (χ0) is 50.2. The number of unbranched alkanes of at least 4 members (excludes halogenated alkanes) is 1. The van der Waals surface area contributed by atoms with Gasteiger partial charge in [0.05, 0.1) is 13.2 Å². The number of aliphatic hydroxyl groups excluding tert-OH is 3. The number of carboxylic acid groups (broad SMARTS) is 1. The third kappa shape index (κ3) is 20.2. The summed E-state index contributed by atoms with van der Waals surface area (Å²) in [6, 6.07) is -1.65. The lowest BCUT2D eigenvalue weighted by molar-refractivity contribution is -0.352. The molecule has 2 heterocycles. The molecule has 11 N–H and O–H groups in total. The van der Waals surface area contributed by atoms with E-state index >= 15 is 0 Å². The van der Waals surface area contributed by atoms with Crippen molar-refractivity contribution >= 4 is 31.7 Å². The minimum Gasteiger partial charge on any atom is -0.479 e. The Morgan fingerprint density at radius 1 is 0.848 bits per heavy atom. The smallest absolute Gasteiger partial charge is 0.474 e. The molecule has 0 aromatic rings. The minimum absolute atomic E-state index is 0.0206. The fourth-order valence-electron chi connectivity index (χ4n) is 8.26. The Hall–Kier alpha value is -2.53. The van der Waals surface area contributed by atoms with E-state index in [1.54, 1.807) is 0 Å². The number of aliphatic hydroxyl groups is 4. The normalized spacial score (nSPS) is 29.9. The first-order valence-electron chi connectivity index (χ1n) is 23.3. The molecule has 2 saturated heterocycles. The lowest BCUT2D eigenvalue weighted by Crippen LogP contribution is -2.71. The lowest BCUT2D eigenvalue weighted by atomic mass is 9.79. The fraction of sp³-hybridized carbons (Fsp3) is 0.909. The van der Waals surface area contributed by atoms with E-state index in [9.17, 15) is 54.2 Å². The van der Waals surface area contributed by atoms with Crippen LogP contribution in [0.5, 0.6) is 0 Å². The van der Waals surface area contributed by atoms with Gasteiger partial charge in [-0.2, -0.15) is 0 Å². The number of amides is 3. The van der Waals surface area contributed by atoms with Crippen LogP contribution in [0.25, 0.3) is 0 Å². The van der Waals surface area contributed by atoms with E-state index in [-0.39, 0.29) is 17.9 Å². The number of carbonyl (C=O) groups is 4. The Labute approximate surface area is 389 Å². The second-order valence-electron chi connectivity index (χ2n) is 19.9. The molecule has 0 aliphatic carbocycles. The van der Waals surface area contributed by atoms with Gasteiger partial charge in [0, 0.05) is 13.5 Å². The summed E-state index contributed by atoms with van der Waals surface area (Å²) in [7, 11) is -5.49. The van der Waals surface area contributed by atoms with Crippen molar-refractivity contribution in [2.45, 2.75) is 206 Å². The van der Waals surface area contributed by atoms with Crippen LogP contribution in [0, 0.1) is 29.1 Å². The zero-order valence-corrected chi connectivity index (χ0v) is 41.3. The Balaban J connectivity index is 2.02. The van der Waals surface area contributed by atoms with Crippen LogP contribution in [-0.4, -0.2) is 141 Å². The van der Waals surface area contributed by atoms with Gasteiger partial charge in [0.2, 0.25) is 11.8 Å². The van der Waals surface area contributed by atoms with Crippen LogP contribution in [0.1, 0.15) is 139 Å². The third-order valence-corrected chi connectivity index (χ3v) is 13.5. The van der Waals surface area contributed by atoms with Gasteiger partial charge in [-0.25, -0.2) is 14.2 Å². The molecule has 0 spiro atoms. The van der Waals surface area contributed by atoms with E-state index < -0.39 is 112 Å². The number of carbonyl (C=O) groups excluding carboxylic acids is 3. The first kappa shape index (κ1) is 59.6. The van der Waals surface area contributed by atoms with Crippen LogP contribution in [-0.2, 0) is 51.7 Å². The Morgan fingerprint density at radius 2 is 1.45 bits per heavy atom. The van der Waals surface area contributed by atoms with E-state index in [1.165, 1.54) is 44.9 Å². The minimum atomic E-state index is -5.49. The van der Waals surface area contributed by atoms with Crippen molar-refractivity contribution in [2.24, 2.45) is 40.6 Å². The number of ether oxygens (including phenoxy) is 5. The maximum Gasteiger partial charge on any atom is 0.474 e. The molecule has 14 unspecified atom stereocenters. The largest absolute Gasteiger partial charge is 0.479 e. The van der Waals surface area contributed by atoms with Crippen LogP contribution in [0.15, 0.2) is 0 Å². The molecule has 15 atom stereocenters. The number of hydrogen-bond acceptors (Lipinski definition) is 16. The number of phosphoric ester groups is 1. The predicted molar refractivity (Wildman–Crippen MR) is 239 cm³/mol. The molecule has 2 rings (SSSR count). The second-order valence-corrected chi connectivity index (χ2v) is 21.3. The molecule has 0 saturated carbocycles. The monoisotopic (exact) mass is 972 g/mol. The predicted octanol–water partition coefficient (Wildman–Crippen LogP) is 3.62. The van der Waals surface area contributed by atoms with E-state index in [0.29, 0.717) is 12.3 Å². The van der Waals surface area contributed by atoms with Crippen molar-refractivity contribution in [1.82, 2.24) is 5.32 Å². The molecule has 2 fully saturated rings. The molecule has 2 aliphatic heterocycles. The number of nitrogens with one attached hydrogen (secondary N) is 1. The van der Waals surface area contributed by atoms with Crippen molar-refractivity contribution in [2.75, 3.05) is 19.8 Å². The number of aliphatic carboxylic acids is 1. The summed E-state index contributed by atoms with van der Waals surface area (Å²) in [5.74, 6) is -1.27. The van der Waals surface area contributed by atoms with Crippen molar-refractivity contribution < 1.29 is 86.9 Å². The molecule has 22 heteroatoms. The van der Waals surface area contributed by atoms with Gasteiger partial charge in [0.1, 0.15) is 30.0 Å². The highest BCUT2D eigenvalue weighted by atomic mass is 31.2. The summed E-state index contributed by atoms with van der Waals surface area (Å²) in [4.78, 5) is 59.6. The molecule has 386 valence electrons. The number of phosphoric acid groups is 1. The SMILES string of the molecule is CC(=O)NC1C(OC2C(OP(=O)(O)OC[C@@H](OCCC(C)CCCCC(C)(C)CCC(C)CCC(C)CCCC(C)C)C(=O)O)OC(C(N)=O)C(C)(O)C2OC(N)=O)OC(CO)C(O)C1O. The summed E-state index contributed by atoms with van der Waals surface area (Å²) >= 11 is 0. The van der Waals surface area contributed by atoms with Crippen molar-refractivity contribution in [1.29, 1.82) is 0 Å². The van der Waals surface area contributed by atoms with Gasteiger partial charge in [-0.3, -0.25) is 18.6 Å². The van der Waals surface area contributed by atoms with Crippen LogP contribution in [0.3, 0.4) is 0 Å². The van der Waals surface area contributed by atoms with Gasteiger partial charge in [0.15, 0.2) is 37.0 Å². The molecule has 3 amide bonds. The standard InChI is InChI=1S/C44H82N3O18P/c1-25(2)13-12-15-26(3)16-17-28(5)18-21-43(7,8)20-11-10-14-27(4)19-22-59-31(39(53)54)24-60-66(57,58)65-41-35(36(64-42(46)55)44(9,56)37(63-41)38(45)52)62-40-32(47-29(6)49)34(51)33(50)30(23-48)61-40/h25-28,30-37,40-41,48,50-51,56H,10-24H2,1-9H3,(H2,45,52)(H2,46,55)(H,47,49)(H,53,54)(H,57,58)/t26?,27?,28?,30?,31-,32?,33?,34?,35?,36?,37?,40?,41?,44?/m1/s1. The third-order valence-electron chi connectivity index (χ3n) is 12.6. The first-order chi connectivity index (χ1) is 30.6. The van der Waals surface area contributed by atoms with Gasteiger partial charge in [-0.1, -0.05) is 106 Å². The van der Waals surface area contributed by atoms with E-state index in [0.717, 1.165) is 51.4 Å².